The van der Waals surface area contributed by atoms with Crippen molar-refractivity contribution in [1.29, 1.82) is 0 Å². The van der Waals surface area contributed by atoms with E-state index in [-0.39, 0.29) is 12.5 Å². The van der Waals surface area contributed by atoms with Gasteiger partial charge in [-0.15, -0.1) is 11.3 Å². The standard InChI is InChI=1S/C19H18N2O3S/c1-12-7-3-5-9-15(12)24-11-17(22)20-21-19(23)18-13(2)14-8-4-6-10-16(14)25-18/h3-10H,11H2,1-2H3,(H,20,22)(H,21,23). The molecule has 0 unspecified atom stereocenters. The van der Waals surface area contributed by atoms with Crippen molar-refractivity contribution in [3.63, 3.8) is 0 Å². The van der Waals surface area contributed by atoms with E-state index < -0.39 is 5.91 Å². The summed E-state index contributed by atoms with van der Waals surface area (Å²) in [6, 6.07) is 15.3. The van der Waals surface area contributed by atoms with Gasteiger partial charge < -0.3 is 4.74 Å². The van der Waals surface area contributed by atoms with E-state index in [0.717, 1.165) is 21.2 Å². The number of hydrogen-bond acceptors (Lipinski definition) is 4. The van der Waals surface area contributed by atoms with E-state index in [4.69, 9.17) is 4.74 Å². The predicted molar refractivity (Wildman–Crippen MR) is 98.8 cm³/mol. The van der Waals surface area contributed by atoms with Gasteiger partial charge in [0, 0.05) is 4.70 Å². The lowest BCUT2D eigenvalue weighted by atomic mass is 10.1. The fraction of sp³-hybridized carbons (Fsp3) is 0.158. The summed E-state index contributed by atoms with van der Waals surface area (Å²) in [5.74, 6) is -0.109. The zero-order chi connectivity index (χ0) is 17.8. The highest BCUT2D eigenvalue weighted by Gasteiger charge is 2.15. The molecule has 0 aliphatic carbocycles. The van der Waals surface area contributed by atoms with Crippen molar-refractivity contribution >= 4 is 33.2 Å². The molecule has 1 aromatic heterocycles. The average Bonchev–Trinajstić information content (AvgIpc) is 2.96. The minimum Gasteiger partial charge on any atom is -0.483 e. The fourth-order valence-electron chi connectivity index (χ4n) is 2.47. The predicted octanol–water partition coefficient (Wildman–Crippen LogP) is 3.36. The van der Waals surface area contributed by atoms with Gasteiger partial charge in [0.25, 0.3) is 11.8 Å². The second kappa shape index (κ2) is 7.36. The first kappa shape index (κ1) is 17.0. The van der Waals surface area contributed by atoms with Crippen LogP contribution in [-0.4, -0.2) is 18.4 Å². The molecule has 6 heteroatoms. The maximum Gasteiger partial charge on any atom is 0.280 e. The number of nitrogens with one attached hydrogen (secondary N) is 2. The summed E-state index contributed by atoms with van der Waals surface area (Å²) < 4.78 is 6.49. The molecule has 0 fully saturated rings. The van der Waals surface area contributed by atoms with Gasteiger partial charge in [-0.05, 0) is 42.5 Å². The largest absolute Gasteiger partial charge is 0.483 e. The molecule has 5 nitrogen and oxygen atoms in total. The minimum atomic E-state index is -0.421. The summed E-state index contributed by atoms with van der Waals surface area (Å²) in [6.07, 6.45) is 0. The number of hydrazine groups is 1. The first-order valence-electron chi connectivity index (χ1n) is 7.82. The van der Waals surface area contributed by atoms with Crippen LogP contribution in [0.5, 0.6) is 5.75 Å². The Morgan fingerprint density at radius 3 is 2.48 bits per heavy atom. The van der Waals surface area contributed by atoms with Gasteiger partial charge in [-0.3, -0.25) is 20.4 Å². The quantitative estimate of drug-likeness (QED) is 0.706. The molecule has 0 aliphatic heterocycles. The molecular formula is C19H18N2O3S. The Balaban J connectivity index is 1.57. The Hall–Kier alpha value is -2.86. The van der Waals surface area contributed by atoms with Crippen LogP contribution in [0.15, 0.2) is 48.5 Å². The number of carbonyl (C=O) groups is 2. The molecule has 0 saturated heterocycles. The highest BCUT2D eigenvalue weighted by atomic mass is 32.1. The van der Waals surface area contributed by atoms with Gasteiger partial charge in [-0.1, -0.05) is 36.4 Å². The van der Waals surface area contributed by atoms with E-state index >= 15 is 0 Å². The van der Waals surface area contributed by atoms with E-state index in [2.05, 4.69) is 10.9 Å². The lowest BCUT2D eigenvalue weighted by Gasteiger charge is -2.10. The van der Waals surface area contributed by atoms with Crippen molar-refractivity contribution in [3.05, 3.63) is 64.5 Å². The van der Waals surface area contributed by atoms with Crippen LogP contribution >= 0.6 is 11.3 Å². The summed E-state index contributed by atoms with van der Waals surface area (Å²) >= 11 is 1.40. The monoisotopic (exact) mass is 354 g/mol. The highest BCUT2D eigenvalue weighted by Crippen LogP contribution is 2.30. The minimum absolute atomic E-state index is 0.170. The number of rotatable bonds is 4. The Bertz CT molecular complexity index is 933. The molecule has 2 N–H and O–H groups in total. The number of ether oxygens (including phenoxy) is 1. The van der Waals surface area contributed by atoms with E-state index in [9.17, 15) is 9.59 Å². The van der Waals surface area contributed by atoms with Gasteiger partial charge in [0.1, 0.15) is 5.75 Å². The Kier molecular flexibility index (Phi) is 5.00. The number of thiophene rings is 1. The molecule has 0 atom stereocenters. The molecule has 25 heavy (non-hydrogen) atoms. The maximum atomic E-state index is 12.3. The number of aryl methyl sites for hydroxylation is 2. The molecule has 0 bridgehead atoms. The summed E-state index contributed by atoms with van der Waals surface area (Å²) in [5, 5.41) is 1.05. The fourth-order valence-corrected chi connectivity index (χ4v) is 3.58. The topological polar surface area (TPSA) is 67.4 Å². The average molecular weight is 354 g/mol. The van der Waals surface area contributed by atoms with Crippen LogP contribution in [0.1, 0.15) is 20.8 Å². The molecule has 128 valence electrons. The van der Waals surface area contributed by atoms with Crippen LogP contribution in [0.25, 0.3) is 10.1 Å². The zero-order valence-corrected chi connectivity index (χ0v) is 14.8. The molecule has 0 spiro atoms. The summed E-state index contributed by atoms with van der Waals surface area (Å²) in [7, 11) is 0. The van der Waals surface area contributed by atoms with Crippen molar-refractivity contribution in [2.45, 2.75) is 13.8 Å². The second-order valence-electron chi connectivity index (χ2n) is 5.61. The van der Waals surface area contributed by atoms with Crippen molar-refractivity contribution in [3.8, 4) is 5.75 Å². The highest BCUT2D eigenvalue weighted by molar-refractivity contribution is 7.21. The SMILES string of the molecule is Cc1ccccc1OCC(=O)NNC(=O)c1sc2ccccc2c1C. The molecule has 3 aromatic rings. The van der Waals surface area contributed by atoms with E-state index in [1.807, 2.05) is 56.3 Å². The van der Waals surface area contributed by atoms with Crippen LogP contribution in [-0.2, 0) is 4.79 Å². The van der Waals surface area contributed by atoms with Crippen LogP contribution < -0.4 is 15.6 Å². The molecular weight excluding hydrogens is 336 g/mol. The summed E-state index contributed by atoms with van der Waals surface area (Å²) in [6.45, 7) is 3.63. The van der Waals surface area contributed by atoms with Crippen molar-refractivity contribution in [2.24, 2.45) is 0 Å². The Labute approximate surface area is 149 Å². The van der Waals surface area contributed by atoms with Crippen LogP contribution in [0.2, 0.25) is 0 Å². The molecule has 0 aliphatic rings. The number of carbonyl (C=O) groups excluding carboxylic acids is 2. The molecule has 0 saturated carbocycles. The number of amides is 2. The van der Waals surface area contributed by atoms with Crippen molar-refractivity contribution in [2.75, 3.05) is 6.61 Å². The Morgan fingerprint density at radius 2 is 1.72 bits per heavy atom. The number of hydrogen-bond donors (Lipinski definition) is 2. The third kappa shape index (κ3) is 3.80. The van der Waals surface area contributed by atoms with Gasteiger partial charge in [0.05, 0.1) is 4.88 Å². The molecule has 2 aromatic carbocycles. The van der Waals surface area contributed by atoms with Crippen molar-refractivity contribution in [1.82, 2.24) is 10.9 Å². The zero-order valence-electron chi connectivity index (χ0n) is 14.0. The van der Waals surface area contributed by atoms with E-state index in [1.165, 1.54) is 11.3 Å². The van der Waals surface area contributed by atoms with Crippen LogP contribution in [0.3, 0.4) is 0 Å². The van der Waals surface area contributed by atoms with Gasteiger partial charge in [0.2, 0.25) is 0 Å². The third-order valence-electron chi connectivity index (χ3n) is 3.82. The van der Waals surface area contributed by atoms with E-state index in [0.29, 0.717) is 10.6 Å². The number of benzene rings is 2. The second-order valence-corrected chi connectivity index (χ2v) is 6.66. The van der Waals surface area contributed by atoms with Crippen molar-refractivity contribution < 1.29 is 14.3 Å². The van der Waals surface area contributed by atoms with Gasteiger partial charge >= 0.3 is 0 Å². The molecule has 1 heterocycles. The van der Waals surface area contributed by atoms with Crippen LogP contribution in [0.4, 0.5) is 0 Å². The molecule has 2 amide bonds. The van der Waals surface area contributed by atoms with Gasteiger partial charge in [-0.25, -0.2) is 0 Å². The molecule has 0 radical (unpaired) electrons. The normalized spacial score (nSPS) is 10.5. The third-order valence-corrected chi connectivity index (χ3v) is 5.09. The first-order chi connectivity index (χ1) is 12.1. The van der Waals surface area contributed by atoms with E-state index in [1.54, 1.807) is 6.07 Å². The lowest BCUT2D eigenvalue weighted by Crippen LogP contribution is -2.43. The maximum absolute atomic E-state index is 12.3. The van der Waals surface area contributed by atoms with Crippen LogP contribution in [0, 0.1) is 13.8 Å². The smallest absolute Gasteiger partial charge is 0.280 e. The number of para-hydroxylation sites is 1. The number of fused-ring (bicyclic) bond motifs is 1. The summed E-state index contributed by atoms with van der Waals surface area (Å²) in [5.41, 5.74) is 6.68. The summed E-state index contributed by atoms with van der Waals surface area (Å²) in [4.78, 5) is 24.8. The van der Waals surface area contributed by atoms with Gasteiger partial charge in [0.15, 0.2) is 6.61 Å². The van der Waals surface area contributed by atoms with Gasteiger partial charge in [-0.2, -0.15) is 0 Å². The Morgan fingerprint density at radius 1 is 1.00 bits per heavy atom. The first-order valence-corrected chi connectivity index (χ1v) is 8.63. The molecule has 3 rings (SSSR count). The lowest BCUT2D eigenvalue weighted by molar-refractivity contribution is -0.123.